The van der Waals surface area contributed by atoms with Crippen LogP contribution in [0.4, 0.5) is 0 Å². The summed E-state index contributed by atoms with van der Waals surface area (Å²) in [5.74, 6) is 0. The Kier molecular flexibility index (Phi) is 2.01. The minimum Gasteiger partial charge on any atom is -0.316 e. The smallest absolute Gasteiger partial charge is 0.253 e. The Hall–Kier alpha value is -0.390. The van der Waals surface area contributed by atoms with Crippen molar-refractivity contribution in [3.8, 4) is 0 Å². The summed E-state index contributed by atoms with van der Waals surface area (Å²) in [5.41, 5.74) is 2.54. The van der Waals surface area contributed by atoms with E-state index in [4.69, 9.17) is 0 Å². The van der Waals surface area contributed by atoms with Crippen LogP contribution in [0.1, 0.15) is 0 Å². The minimum atomic E-state index is -1.38. The molecule has 4 nitrogen and oxygen atoms in total. The zero-order valence-electron chi connectivity index (χ0n) is 4.09. The van der Waals surface area contributed by atoms with E-state index in [2.05, 4.69) is 14.4 Å². The molecular weight excluding hydrogens is 128 g/mol. The highest BCUT2D eigenvalue weighted by Gasteiger charge is 1.96. The van der Waals surface area contributed by atoms with Gasteiger partial charge < -0.3 is 5.43 Å². The van der Waals surface area contributed by atoms with Crippen LogP contribution in [0.25, 0.3) is 0 Å². The molecule has 1 aliphatic rings. The van der Waals surface area contributed by atoms with Crippen LogP contribution in [-0.4, -0.2) is 10.8 Å². The summed E-state index contributed by atoms with van der Waals surface area (Å²) in [4.78, 5) is 2.36. The van der Waals surface area contributed by atoms with Gasteiger partial charge in [0, 0.05) is 6.20 Å². The lowest BCUT2D eigenvalue weighted by Gasteiger charge is -1.95. The number of rotatable bonds is 0. The quantitative estimate of drug-likeness (QED) is 0.456. The largest absolute Gasteiger partial charge is 0.316 e. The van der Waals surface area contributed by atoms with Gasteiger partial charge in [0.2, 0.25) is 0 Å². The third-order valence-corrected chi connectivity index (χ3v) is 1.25. The van der Waals surface area contributed by atoms with E-state index in [1.165, 1.54) is 0 Å². The first-order valence-corrected chi connectivity index (χ1v) is 3.18. The topological polar surface area (TPSA) is 50.4 Å². The van der Waals surface area contributed by atoms with Gasteiger partial charge in [-0.15, -0.1) is 4.83 Å². The summed E-state index contributed by atoms with van der Waals surface area (Å²) >= 11 is -1.38. The maximum Gasteiger partial charge on any atom is 0.253 e. The molecule has 0 aromatic heterocycles. The van der Waals surface area contributed by atoms with E-state index in [-0.39, 0.29) is 0 Å². The van der Waals surface area contributed by atoms with Gasteiger partial charge in [0.25, 0.3) is 11.3 Å². The van der Waals surface area contributed by atoms with Crippen molar-refractivity contribution in [1.82, 2.24) is 10.3 Å². The lowest BCUT2D eigenvalue weighted by Crippen LogP contribution is -2.27. The third-order valence-electron chi connectivity index (χ3n) is 0.615. The molecular formula is C3H6N2O2S. The van der Waals surface area contributed by atoms with E-state index in [9.17, 15) is 4.21 Å². The molecule has 0 saturated heterocycles. The van der Waals surface area contributed by atoms with Crippen molar-refractivity contribution in [2.75, 3.05) is 6.61 Å². The number of nitrogens with one attached hydrogen (secondary N) is 2. The van der Waals surface area contributed by atoms with Crippen molar-refractivity contribution >= 4 is 11.3 Å². The summed E-state index contributed by atoms with van der Waals surface area (Å²) in [6.45, 7) is 0.382. The Morgan fingerprint density at radius 2 is 2.62 bits per heavy atom. The lowest BCUT2D eigenvalue weighted by molar-refractivity contribution is 0.391. The van der Waals surface area contributed by atoms with Gasteiger partial charge in [-0.05, 0) is 6.08 Å². The van der Waals surface area contributed by atoms with Crippen LogP contribution in [0, 0.1) is 0 Å². The van der Waals surface area contributed by atoms with Crippen molar-refractivity contribution < 1.29 is 8.39 Å². The van der Waals surface area contributed by atoms with Gasteiger partial charge in [0.1, 0.15) is 0 Å². The summed E-state index contributed by atoms with van der Waals surface area (Å²) in [6, 6.07) is 0. The van der Waals surface area contributed by atoms with Gasteiger partial charge in [-0.2, -0.15) is 0 Å². The van der Waals surface area contributed by atoms with Crippen LogP contribution in [0.5, 0.6) is 0 Å². The molecule has 1 unspecified atom stereocenters. The summed E-state index contributed by atoms with van der Waals surface area (Å²) in [6.07, 6.45) is 3.35. The average Bonchev–Trinajstić information content (AvgIpc) is 1.94. The Morgan fingerprint density at radius 3 is 3.50 bits per heavy atom. The number of hydrazine groups is 1. The van der Waals surface area contributed by atoms with Gasteiger partial charge in [-0.1, -0.05) is 0 Å². The highest BCUT2D eigenvalue weighted by atomic mass is 32.2. The van der Waals surface area contributed by atoms with Crippen LogP contribution in [-0.2, 0) is 15.4 Å². The van der Waals surface area contributed by atoms with Crippen LogP contribution in [0.15, 0.2) is 12.3 Å². The van der Waals surface area contributed by atoms with Crippen molar-refractivity contribution in [2.45, 2.75) is 0 Å². The zero-order valence-corrected chi connectivity index (χ0v) is 4.90. The van der Waals surface area contributed by atoms with E-state index in [1.807, 2.05) is 0 Å². The molecule has 0 aromatic carbocycles. The van der Waals surface area contributed by atoms with E-state index >= 15 is 0 Å². The van der Waals surface area contributed by atoms with Gasteiger partial charge in [-0.25, -0.2) is 4.21 Å². The van der Waals surface area contributed by atoms with Crippen LogP contribution < -0.4 is 10.3 Å². The molecule has 1 rings (SSSR count). The normalized spacial score (nSPS) is 28.8. The Labute approximate surface area is 49.7 Å². The second-order valence-corrected chi connectivity index (χ2v) is 2.08. The molecule has 0 bridgehead atoms. The monoisotopic (exact) mass is 134 g/mol. The molecule has 1 heterocycles. The molecule has 5 heteroatoms. The first-order chi connectivity index (χ1) is 3.89. The highest BCUT2D eigenvalue weighted by molar-refractivity contribution is 7.78. The molecule has 1 aliphatic heterocycles. The highest BCUT2D eigenvalue weighted by Crippen LogP contribution is 1.82. The fourth-order valence-electron chi connectivity index (χ4n) is 0.320. The summed E-state index contributed by atoms with van der Waals surface area (Å²) < 4.78 is 15.0. The van der Waals surface area contributed by atoms with Gasteiger partial charge >= 0.3 is 0 Å². The third kappa shape index (κ3) is 1.61. The predicted molar refractivity (Wildman–Crippen MR) is 29.5 cm³/mol. The average molecular weight is 134 g/mol. The number of hydrogen-bond donors (Lipinski definition) is 2. The van der Waals surface area contributed by atoms with E-state index in [1.54, 1.807) is 12.3 Å². The SMILES string of the molecule is O=S1NNC=CCO1. The summed E-state index contributed by atoms with van der Waals surface area (Å²) in [7, 11) is 0. The molecule has 0 radical (unpaired) electrons. The summed E-state index contributed by atoms with van der Waals surface area (Å²) in [5, 5.41) is 0. The second kappa shape index (κ2) is 2.81. The van der Waals surface area contributed by atoms with Crippen molar-refractivity contribution in [3.63, 3.8) is 0 Å². The molecule has 1 atom stereocenters. The molecule has 0 amide bonds. The van der Waals surface area contributed by atoms with Crippen molar-refractivity contribution in [2.24, 2.45) is 0 Å². The van der Waals surface area contributed by atoms with E-state index in [0.717, 1.165) is 0 Å². The minimum absolute atomic E-state index is 0.382. The Bertz CT molecular complexity index is 112. The fourth-order valence-corrected chi connectivity index (χ4v) is 0.745. The standard InChI is InChI=1S/C3H6N2O2S/c6-8-5-4-2-1-3-7-8/h1-2,4-5H,3H2. The van der Waals surface area contributed by atoms with Crippen molar-refractivity contribution in [3.05, 3.63) is 12.3 Å². The van der Waals surface area contributed by atoms with E-state index in [0.29, 0.717) is 6.61 Å². The maximum absolute atomic E-state index is 10.4. The zero-order chi connectivity index (χ0) is 5.82. The van der Waals surface area contributed by atoms with Crippen LogP contribution in [0.2, 0.25) is 0 Å². The molecule has 0 aromatic rings. The van der Waals surface area contributed by atoms with Crippen LogP contribution >= 0.6 is 0 Å². The van der Waals surface area contributed by atoms with Gasteiger partial charge in [0.05, 0.1) is 6.61 Å². The Balaban J connectivity index is 2.39. The Morgan fingerprint density at radius 1 is 1.75 bits per heavy atom. The van der Waals surface area contributed by atoms with Crippen LogP contribution in [0.3, 0.4) is 0 Å². The predicted octanol–water partition coefficient (Wildman–Crippen LogP) is -0.797. The second-order valence-electron chi connectivity index (χ2n) is 1.17. The molecule has 2 N–H and O–H groups in total. The van der Waals surface area contributed by atoms with Gasteiger partial charge in [0.15, 0.2) is 0 Å². The van der Waals surface area contributed by atoms with Gasteiger partial charge in [-0.3, -0.25) is 4.18 Å². The first-order valence-electron chi connectivity index (χ1n) is 2.11. The lowest BCUT2D eigenvalue weighted by atomic mass is 10.7. The molecule has 0 fully saturated rings. The fraction of sp³-hybridized carbons (Fsp3) is 0.333. The molecule has 46 valence electrons. The number of hydrogen-bond acceptors (Lipinski definition) is 3. The molecule has 0 aliphatic carbocycles. The maximum atomic E-state index is 10.4. The first kappa shape index (κ1) is 5.74. The molecule has 0 spiro atoms. The van der Waals surface area contributed by atoms with E-state index < -0.39 is 11.3 Å². The van der Waals surface area contributed by atoms with Crippen molar-refractivity contribution in [1.29, 1.82) is 0 Å². The molecule has 0 saturated carbocycles. The molecule has 8 heavy (non-hydrogen) atoms.